The van der Waals surface area contributed by atoms with E-state index in [0.29, 0.717) is 18.8 Å². The van der Waals surface area contributed by atoms with Crippen LogP contribution in [0.15, 0.2) is 24.5 Å². The third-order valence-electron chi connectivity index (χ3n) is 2.89. The van der Waals surface area contributed by atoms with Crippen LogP contribution in [-0.4, -0.2) is 21.4 Å². The number of nitrogens with one attached hydrogen (secondary N) is 1. The van der Waals surface area contributed by atoms with Crippen LogP contribution in [0.5, 0.6) is 5.75 Å². The minimum Gasteiger partial charge on any atom is -0.493 e. The highest BCUT2D eigenvalue weighted by Gasteiger charge is 2.04. The highest BCUT2D eigenvalue weighted by Crippen LogP contribution is 2.23. The predicted octanol–water partition coefficient (Wildman–Crippen LogP) is 2.28. The van der Waals surface area contributed by atoms with Crippen molar-refractivity contribution in [2.45, 2.75) is 33.4 Å². The normalized spacial score (nSPS) is 10.5. The van der Waals surface area contributed by atoms with Gasteiger partial charge in [-0.3, -0.25) is 0 Å². The van der Waals surface area contributed by atoms with Crippen molar-refractivity contribution in [3.05, 3.63) is 30.4 Å². The van der Waals surface area contributed by atoms with Crippen molar-refractivity contribution in [1.82, 2.24) is 14.8 Å². The van der Waals surface area contributed by atoms with Crippen LogP contribution >= 0.6 is 0 Å². The standard InChI is InChI=1S/C14H21N5O/c1-3-5-20-13-7-11(15)6-12(8-13)16-9-14-18-17-10-19(14)4-2/h6-8,10,16H,3-5,9,15H2,1-2H3. The molecule has 6 heteroatoms. The molecule has 0 amide bonds. The lowest BCUT2D eigenvalue weighted by Gasteiger charge is -2.11. The molecule has 0 radical (unpaired) electrons. The molecule has 1 heterocycles. The van der Waals surface area contributed by atoms with Crippen LogP contribution in [-0.2, 0) is 13.1 Å². The SMILES string of the molecule is CCCOc1cc(N)cc(NCc2nncn2CC)c1. The van der Waals surface area contributed by atoms with Gasteiger partial charge in [0.1, 0.15) is 12.1 Å². The molecule has 0 bridgehead atoms. The Labute approximate surface area is 119 Å². The molecule has 0 saturated heterocycles. The van der Waals surface area contributed by atoms with Gasteiger partial charge < -0.3 is 20.4 Å². The zero-order valence-corrected chi connectivity index (χ0v) is 12.0. The number of rotatable bonds is 7. The van der Waals surface area contributed by atoms with E-state index in [0.717, 1.165) is 30.2 Å². The van der Waals surface area contributed by atoms with Gasteiger partial charge in [-0.1, -0.05) is 6.92 Å². The first kappa shape index (κ1) is 14.2. The predicted molar refractivity (Wildman–Crippen MR) is 79.7 cm³/mol. The Morgan fingerprint density at radius 3 is 2.90 bits per heavy atom. The summed E-state index contributed by atoms with van der Waals surface area (Å²) in [6.07, 6.45) is 2.70. The maximum Gasteiger partial charge on any atom is 0.152 e. The average molecular weight is 275 g/mol. The minimum atomic E-state index is 0.602. The van der Waals surface area contributed by atoms with Gasteiger partial charge in [-0.05, 0) is 19.4 Å². The molecule has 108 valence electrons. The topological polar surface area (TPSA) is 78.0 Å². The molecule has 0 fully saturated rings. The van der Waals surface area contributed by atoms with Gasteiger partial charge in [-0.25, -0.2) is 0 Å². The summed E-state index contributed by atoms with van der Waals surface area (Å²) in [6, 6.07) is 5.65. The summed E-state index contributed by atoms with van der Waals surface area (Å²) in [5.74, 6) is 1.68. The van der Waals surface area contributed by atoms with Crippen molar-refractivity contribution >= 4 is 11.4 Å². The maximum atomic E-state index is 5.88. The number of aryl methyl sites for hydroxylation is 1. The number of aromatic nitrogens is 3. The monoisotopic (exact) mass is 275 g/mol. The van der Waals surface area contributed by atoms with Gasteiger partial charge >= 0.3 is 0 Å². The highest BCUT2D eigenvalue weighted by atomic mass is 16.5. The number of nitrogen functional groups attached to an aromatic ring is 1. The fourth-order valence-corrected chi connectivity index (χ4v) is 1.89. The van der Waals surface area contributed by atoms with E-state index in [1.165, 1.54) is 0 Å². The summed E-state index contributed by atoms with van der Waals surface area (Å²) >= 11 is 0. The molecular formula is C14H21N5O. The summed E-state index contributed by atoms with van der Waals surface area (Å²) in [6.45, 7) is 6.27. The van der Waals surface area contributed by atoms with E-state index in [9.17, 15) is 0 Å². The first-order valence-corrected chi connectivity index (χ1v) is 6.86. The number of anilines is 2. The van der Waals surface area contributed by atoms with Gasteiger partial charge in [0.2, 0.25) is 0 Å². The van der Waals surface area contributed by atoms with Crippen LogP contribution < -0.4 is 15.8 Å². The van der Waals surface area contributed by atoms with Crippen LogP contribution in [0.2, 0.25) is 0 Å². The molecule has 0 aliphatic heterocycles. The van der Waals surface area contributed by atoms with E-state index < -0.39 is 0 Å². The Bertz CT molecular complexity index is 552. The first-order chi connectivity index (χ1) is 9.72. The maximum absolute atomic E-state index is 5.88. The summed E-state index contributed by atoms with van der Waals surface area (Å²) < 4.78 is 7.60. The van der Waals surface area contributed by atoms with Gasteiger partial charge in [0, 0.05) is 30.1 Å². The van der Waals surface area contributed by atoms with Gasteiger partial charge in [-0.15, -0.1) is 10.2 Å². The molecule has 0 unspecified atom stereocenters. The van der Waals surface area contributed by atoms with E-state index in [1.807, 2.05) is 22.8 Å². The van der Waals surface area contributed by atoms with E-state index >= 15 is 0 Å². The number of hydrogen-bond acceptors (Lipinski definition) is 5. The number of nitrogens with zero attached hydrogens (tertiary/aromatic N) is 3. The molecule has 0 aliphatic carbocycles. The Hall–Kier alpha value is -2.24. The number of ether oxygens (including phenoxy) is 1. The molecule has 0 spiro atoms. The fraction of sp³-hybridized carbons (Fsp3) is 0.429. The van der Waals surface area contributed by atoms with E-state index in [1.54, 1.807) is 6.33 Å². The van der Waals surface area contributed by atoms with Gasteiger partial charge in [-0.2, -0.15) is 0 Å². The van der Waals surface area contributed by atoms with E-state index in [2.05, 4.69) is 29.4 Å². The second kappa shape index (κ2) is 6.79. The summed E-state index contributed by atoms with van der Waals surface area (Å²) in [4.78, 5) is 0. The van der Waals surface area contributed by atoms with Crippen molar-refractivity contribution < 1.29 is 4.74 Å². The smallest absolute Gasteiger partial charge is 0.152 e. The van der Waals surface area contributed by atoms with Crippen molar-refractivity contribution in [2.24, 2.45) is 0 Å². The average Bonchev–Trinajstić information content (AvgIpc) is 2.90. The van der Waals surface area contributed by atoms with Crippen molar-refractivity contribution in [2.75, 3.05) is 17.7 Å². The first-order valence-electron chi connectivity index (χ1n) is 6.86. The summed E-state index contributed by atoms with van der Waals surface area (Å²) in [7, 11) is 0. The molecule has 0 aliphatic rings. The fourth-order valence-electron chi connectivity index (χ4n) is 1.89. The molecule has 2 rings (SSSR count). The second-order valence-corrected chi connectivity index (χ2v) is 4.53. The molecule has 2 aromatic rings. The summed E-state index contributed by atoms with van der Waals surface area (Å²) in [5.41, 5.74) is 7.48. The molecule has 20 heavy (non-hydrogen) atoms. The zero-order valence-electron chi connectivity index (χ0n) is 12.0. The molecule has 6 nitrogen and oxygen atoms in total. The highest BCUT2D eigenvalue weighted by molar-refractivity contribution is 5.59. The molecule has 3 N–H and O–H groups in total. The van der Waals surface area contributed by atoms with Crippen LogP contribution in [0.25, 0.3) is 0 Å². The Morgan fingerprint density at radius 1 is 1.30 bits per heavy atom. The lowest BCUT2D eigenvalue weighted by atomic mass is 10.2. The second-order valence-electron chi connectivity index (χ2n) is 4.53. The zero-order chi connectivity index (χ0) is 14.4. The van der Waals surface area contributed by atoms with Crippen molar-refractivity contribution in [3.8, 4) is 5.75 Å². The molecular weight excluding hydrogens is 254 g/mol. The van der Waals surface area contributed by atoms with Crippen LogP contribution in [0.3, 0.4) is 0 Å². The molecule has 0 saturated carbocycles. The van der Waals surface area contributed by atoms with Gasteiger partial charge in [0.25, 0.3) is 0 Å². The van der Waals surface area contributed by atoms with Crippen molar-refractivity contribution in [1.29, 1.82) is 0 Å². The number of benzene rings is 1. The Balaban J connectivity index is 2.03. The third kappa shape index (κ3) is 3.63. The van der Waals surface area contributed by atoms with Crippen LogP contribution in [0.1, 0.15) is 26.1 Å². The number of nitrogens with two attached hydrogens (primary N) is 1. The molecule has 0 atom stereocenters. The Kier molecular flexibility index (Phi) is 4.81. The van der Waals surface area contributed by atoms with Gasteiger partial charge in [0.05, 0.1) is 13.2 Å². The lowest BCUT2D eigenvalue weighted by Crippen LogP contribution is -2.08. The third-order valence-corrected chi connectivity index (χ3v) is 2.89. The van der Waals surface area contributed by atoms with Crippen LogP contribution in [0.4, 0.5) is 11.4 Å². The minimum absolute atomic E-state index is 0.602. The van der Waals surface area contributed by atoms with E-state index in [-0.39, 0.29) is 0 Å². The lowest BCUT2D eigenvalue weighted by molar-refractivity contribution is 0.318. The Morgan fingerprint density at radius 2 is 2.15 bits per heavy atom. The van der Waals surface area contributed by atoms with Crippen LogP contribution in [0, 0.1) is 0 Å². The van der Waals surface area contributed by atoms with Gasteiger partial charge in [0.15, 0.2) is 5.82 Å². The van der Waals surface area contributed by atoms with E-state index in [4.69, 9.17) is 10.5 Å². The number of hydrogen-bond donors (Lipinski definition) is 2. The van der Waals surface area contributed by atoms with Crippen molar-refractivity contribution in [3.63, 3.8) is 0 Å². The summed E-state index contributed by atoms with van der Waals surface area (Å²) in [5, 5.41) is 11.3. The molecule has 1 aromatic heterocycles. The quantitative estimate of drug-likeness (QED) is 0.758. The molecule has 1 aromatic carbocycles. The largest absolute Gasteiger partial charge is 0.493 e.